The first-order valence-electron chi connectivity index (χ1n) is 5.06. The van der Waals surface area contributed by atoms with Gasteiger partial charge in [-0.1, -0.05) is 0 Å². The number of carbonyl (C=O) groups excluding carboxylic acids is 1. The molecule has 0 unspecified atom stereocenters. The molecule has 0 bridgehead atoms. The van der Waals surface area contributed by atoms with E-state index in [9.17, 15) is 4.79 Å². The normalized spacial score (nSPS) is 10.3. The topological polar surface area (TPSA) is 55.1 Å². The van der Waals surface area contributed by atoms with Gasteiger partial charge in [0.05, 0.1) is 11.3 Å². The Kier molecular flexibility index (Phi) is 3.28. The van der Waals surface area contributed by atoms with Crippen LogP contribution in [0.1, 0.15) is 21.8 Å². The Morgan fingerprint density at radius 1 is 1.41 bits per heavy atom. The molecule has 0 fully saturated rings. The Hall–Kier alpha value is -1.62. The first-order chi connectivity index (χ1) is 8.06. The summed E-state index contributed by atoms with van der Waals surface area (Å²) >= 11 is 3.35. The Morgan fingerprint density at radius 2 is 2.18 bits per heavy atom. The molecule has 0 saturated carbocycles. The number of carbonyl (C=O) groups is 1. The average molecular weight is 295 g/mol. The van der Waals surface area contributed by atoms with E-state index in [-0.39, 0.29) is 5.91 Å². The van der Waals surface area contributed by atoms with Gasteiger partial charge in [-0.05, 0) is 48.0 Å². The van der Waals surface area contributed by atoms with Crippen molar-refractivity contribution in [2.75, 3.05) is 5.32 Å². The number of halogens is 1. The van der Waals surface area contributed by atoms with Gasteiger partial charge in [0.2, 0.25) is 0 Å². The Labute approximate surface area is 107 Å². The molecule has 2 rings (SSSR count). The molecule has 0 aliphatic rings. The van der Waals surface area contributed by atoms with E-state index in [0.29, 0.717) is 17.1 Å². The monoisotopic (exact) mass is 294 g/mol. The van der Waals surface area contributed by atoms with Crippen molar-refractivity contribution in [3.8, 4) is 0 Å². The van der Waals surface area contributed by atoms with Gasteiger partial charge < -0.3 is 9.73 Å². The molecule has 2 heterocycles. The molecule has 1 N–H and O–H groups in total. The molecule has 0 atom stereocenters. The number of nitrogens with one attached hydrogen (secondary N) is 1. The van der Waals surface area contributed by atoms with Gasteiger partial charge in [0, 0.05) is 4.47 Å². The Balaban J connectivity index is 2.15. The number of anilines is 1. The van der Waals surface area contributed by atoms with Crippen LogP contribution in [0.4, 0.5) is 5.82 Å². The molecule has 4 nitrogen and oxygen atoms in total. The molecule has 0 aliphatic carbocycles. The third kappa shape index (κ3) is 2.74. The van der Waals surface area contributed by atoms with Gasteiger partial charge in [-0.25, -0.2) is 4.98 Å². The maximum Gasteiger partial charge on any atom is 0.260 e. The van der Waals surface area contributed by atoms with Crippen LogP contribution in [0.15, 0.2) is 33.4 Å². The smallest absolute Gasteiger partial charge is 0.260 e. The van der Waals surface area contributed by atoms with Crippen molar-refractivity contribution in [1.29, 1.82) is 0 Å². The quantitative estimate of drug-likeness (QED) is 0.924. The lowest BCUT2D eigenvalue weighted by Crippen LogP contribution is -2.12. The maximum atomic E-state index is 11.8. The summed E-state index contributed by atoms with van der Waals surface area (Å²) in [5.74, 6) is 1.00. The zero-order chi connectivity index (χ0) is 12.4. The minimum absolute atomic E-state index is 0.226. The lowest BCUT2D eigenvalue weighted by molar-refractivity contribution is 0.102. The zero-order valence-corrected chi connectivity index (χ0v) is 11.0. The minimum atomic E-state index is -0.226. The number of nitrogens with zero attached hydrogens (tertiary/aromatic N) is 1. The summed E-state index contributed by atoms with van der Waals surface area (Å²) in [6, 6.07) is 5.27. The van der Waals surface area contributed by atoms with Crippen LogP contribution in [-0.2, 0) is 0 Å². The van der Waals surface area contributed by atoms with Crippen molar-refractivity contribution < 1.29 is 9.21 Å². The summed E-state index contributed by atoms with van der Waals surface area (Å²) in [6.07, 6.45) is 1.43. The minimum Gasteiger partial charge on any atom is -0.469 e. The van der Waals surface area contributed by atoms with E-state index in [0.717, 1.165) is 10.2 Å². The number of hydrogen-bond donors (Lipinski definition) is 1. The van der Waals surface area contributed by atoms with Gasteiger partial charge >= 0.3 is 0 Å². The summed E-state index contributed by atoms with van der Waals surface area (Å²) < 4.78 is 5.99. The summed E-state index contributed by atoms with van der Waals surface area (Å²) in [4.78, 5) is 16.0. The predicted molar refractivity (Wildman–Crippen MR) is 68.1 cm³/mol. The Bertz CT molecular complexity index is 563. The first kappa shape index (κ1) is 11.9. The van der Waals surface area contributed by atoms with Crippen LogP contribution >= 0.6 is 15.9 Å². The molecule has 5 heteroatoms. The second-order valence-corrected chi connectivity index (χ2v) is 4.52. The second-order valence-electron chi connectivity index (χ2n) is 3.66. The van der Waals surface area contributed by atoms with Crippen LogP contribution in [0.3, 0.4) is 0 Å². The van der Waals surface area contributed by atoms with Crippen LogP contribution in [0.2, 0.25) is 0 Å². The van der Waals surface area contributed by atoms with Crippen LogP contribution < -0.4 is 5.32 Å². The highest BCUT2D eigenvalue weighted by atomic mass is 79.9. The maximum absolute atomic E-state index is 11.8. The van der Waals surface area contributed by atoms with Gasteiger partial charge in [-0.15, -0.1) is 0 Å². The molecular formula is C12H11BrN2O2. The van der Waals surface area contributed by atoms with E-state index in [4.69, 9.17) is 4.42 Å². The molecule has 0 spiro atoms. The fourth-order valence-electron chi connectivity index (χ4n) is 1.36. The van der Waals surface area contributed by atoms with E-state index in [1.807, 2.05) is 13.0 Å². The summed E-state index contributed by atoms with van der Waals surface area (Å²) in [5, 5.41) is 2.71. The number of amides is 1. The summed E-state index contributed by atoms with van der Waals surface area (Å²) in [5.41, 5.74) is 1.32. The molecule has 17 heavy (non-hydrogen) atoms. The third-order valence-electron chi connectivity index (χ3n) is 2.26. The number of hydrogen-bond acceptors (Lipinski definition) is 3. The largest absolute Gasteiger partial charge is 0.469 e. The standard InChI is InChI=1S/C12H11BrN2O2/c1-7-5-9(6-17-7)12(16)15-11-4-3-10(13)8(2)14-11/h3-6H,1-2H3,(H,14,15,16). The highest BCUT2D eigenvalue weighted by Crippen LogP contribution is 2.17. The fourth-order valence-corrected chi connectivity index (χ4v) is 1.59. The van der Waals surface area contributed by atoms with Crippen molar-refractivity contribution in [2.45, 2.75) is 13.8 Å². The van der Waals surface area contributed by atoms with E-state index in [1.54, 1.807) is 19.1 Å². The molecule has 2 aromatic rings. The van der Waals surface area contributed by atoms with Gasteiger partial charge in [0.1, 0.15) is 17.8 Å². The van der Waals surface area contributed by atoms with Crippen LogP contribution in [0, 0.1) is 13.8 Å². The highest BCUT2D eigenvalue weighted by Gasteiger charge is 2.09. The Morgan fingerprint density at radius 3 is 2.76 bits per heavy atom. The van der Waals surface area contributed by atoms with Crippen LogP contribution in [0.5, 0.6) is 0 Å². The summed E-state index contributed by atoms with van der Waals surface area (Å²) in [6.45, 7) is 3.65. The number of aryl methyl sites for hydroxylation is 2. The van der Waals surface area contributed by atoms with E-state index >= 15 is 0 Å². The molecular weight excluding hydrogens is 284 g/mol. The van der Waals surface area contributed by atoms with Crippen molar-refractivity contribution in [2.24, 2.45) is 0 Å². The SMILES string of the molecule is Cc1cc(C(=O)Nc2ccc(Br)c(C)n2)co1. The first-order valence-corrected chi connectivity index (χ1v) is 5.85. The van der Waals surface area contributed by atoms with Crippen LogP contribution in [0.25, 0.3) is 0 Å². The number of aromatic nitrogens is 1. The average Bonchev–Trinajstić information content (AvgIpc) is 2.70. The van der Waals surface area contributed by atoms with Gasteiger partial charge in [-0.2, -0.15) is 0 Å². The lowest BCUT2D eigenvalue weighted by atomic mass is 10.3. The van der Waals surface area contributed by atoms with Crippen molar-refractivity contribution in [1.82, 2.24) is 4.98 Å². The molecule has 88 valence electrons. The predicted octanol–water partition coefficient (Wildman–Crippen LogP) is 3.31. The van der Waals surface area contributed by atoms with Crippen molar-refractivity contribution in [3.63, 3.8) is 0 Å². The van der Waals surface area contributed by atoms with E-state index < -0.39 is 0 Å². The second kappa shape index (κ2) is 4.71. The van der Waals surface area contributed by atoms with Crippen molar-refractivity contribution in [3.05, 3.63) is 46.0 Å². The fraction of sp³-hybridized carbons (Fsp3) is 0.167. The molecule has 0 radical (unpaired) electrons. The van der Waals surface area contributed by atoms with E-state index in [1.165, 1.54) is 6.26 Å². The third-order valence-corrected chi connectivity index (χ3v) is 3.09. The van der Waals surface area contributed by atoms with Gasteiger partial charge in [0.15, 0.2) is 0 Å². The molecule has 1 amide bonds. The zero-order valence-electron chi connectivity index (χ0n) is 9.45. The number of furan rings is 1. The molecule has 0 saturated heterocycles. The highest BCUT2D eigenvalue weighted by molar-refractivity contribution is 9.10. The van der Waals surface area contributed by atoms with E-state index in [2.05, 4.69) is 26.2 Å². The number of pyridine rings is 1. The molecule has 2 aromatic heterocycles. The molecule has 0 aromatic carbocycles. The number of rotatable bonds is 2. The van der Waals surface area contributed by atoms with Crippen LogP contribution in [-0.4, -0.2) is 10.9 Å². The molecule has 0 aliphatic heterocycles. The van der Waals surface area contributed by atoms with Crippen molar-refractivity contribution >= 4 is 27.7 Å². The summed E-state index contributed by atoms with van der Waals surface area (Å²) in [7, 11) is 0. The van der Waals surface area contributed by atoms with Gasteiger partial charge in [0.25, 0.3) is 5.91 Å². The van der Waals surface area contributed by atoms with Gasteiger partial charge in [-0.3, -0.25) is 4.79 Å². The lowest BCUT2D eigenvalue weighted by Gasteiger charge is -2.04.